The van der Waals surface area contributed by atoms with Gasteiger partial charge in [-0.25, -0.2) is 4.68 Å². The minimum atomic E-state index is -0.517. The van der Waals surface area contributed by atoms with Crippen molar-refractivity contribution in [2.75, 3.05) is 0 Å². The van der Waals surface area contributed by atoms with Gasteiger partial charge < -0.3 is 0 Å². The molecule has 1 saturated heterocycles. The summed E-state index contributed by atoms with van der Waals surface area (Å²) in [6.45, 7) is 6.18. The first kappa shape index (κ1) is 25.9. The Kier molecular flexibility index (Phi) is 7.21. The molecule has 3 aromatic carbocycles. The maximum absolute atomic E-state index is 13.3. The third kappa shape index (κ3) is 5.03. The topological polar surface area (TPSA) is 67.2 Å². The van der Waals surface area contributed by atoms with Crippen molar-refractivity contribution in [2.24, 2.45) is 0 Å². The molecular formula is C29H23ClN4O2S2. The van der Waals surface area contributed by atoms with Gasteiger partial charge in [0.05, 0.1) is 21.2 Å². The summed E-state index contributed by atoms with van der Waals surface area (Å²) in [5, 5.41) is 6.30. The number of aromatic nitrogens is 2. The predicted molar refractivity (Wildman–Crippen MR) is 157 cm³/mol. The van der Waals surface area contributed by atoms with Crippen molar-refractivity contribution in [3.8, 4) is 16.9 Å². The number of halogens is 1. The number of nitrogens with zero attached hydrogens (tertiary/aromatic N) is 3. The molecular weight excluding hydrogens is 536 g/mol. The van der Waals surface area contributed by atoms with Crippen molar-refractivity contribution in [1.82, 2.24) is 20.2 Å². The molecule has 0 unspecified atom stereocenters. The highest BCUT2D eigenvalue weighted by molar-refractivity contribution is 8.26. The molecule has 1 aliphatic heterocycles. The summed E-state index contributed by atoms with van der Waals surface area (Å²) in [6.07, 6.45) is 3.68. The zero-order valence-corrected chi connectivity index (χ0v) is 23.2. The number of para-hydroxylation sites is 1. The molecule has 2 amide bonds. The van der Waals surface area contributed by atoms with Crippen LogP contribution < -0.4 is 5.43 Å². The van der Waals surface area contributed by atoms with E-state index >= 15 is 0 Å². The molecule has 6 nitrogen and oxygen atoms in total. The Balaban J connectivity index is 1.54. The Labute approximate surface area is 235 Å². The van der Waals surface area contributed by atoms with E-state index in [1.165, 1.54) is 5.56 Å². The van der Waals surface area contributed by atoms with Gasteiger partial charge in [0.2, 0.25) is 0 Å². The molecule has 4 aromatic rings. The van der Waals surface area contributed by atoms with E-state index in [-0.39, 0.29) is 14.9 Å². The van der Waals surface area contributed by atoms with Gasteiger partial charge in [-0.15, -0.1) is 0 Å². The normalized spacial score (nSPS) is 14.4. The number of hydrogen-bond donors (Lipinski definition) is 1. The Bertz CT molecular complexity index is 1610. The van der Waals surface area contributed by atoms with Crippen LogP contribution in [0, 0.1) is 20.8 Å². The predicted octanol–water partition coefficient (Wildman–Crippen LogP) is 6.66. The van der Waals surface area contributed by atoms with Gasteiger partial charge in [-0.2, -0.15) is 10.1 Å². The molecule has 0 atom stereocenters. The van der Waals surface area contributed by atoms with Gasteiger partial charge in [-0.05, 0) is 74.5 Å². The molecule has 1 aliphatic rings. The summed E-state index contributed by atoms with van der Waals surface area (Å²) >= 11 is 12.7. The van der Waals surface area contributed by atoms with Crippen LogP contribution in [0.15, 0.2) is 77.8 Å². The number of nitrogens with one attached hydrogen (secondary N) is 1. The van der Waals surface area contributed by atoms with Crippen molar-refractivity contribution in [2.45, 2.75) is 20.8 Å². The molecule has 0 radical (unpaired) electrons. The summed E-state index contributed by atoms with van der Waals surface area (Å²) in [5.41, 5.74) is 9.63. The van der Waals surface area contributed by atoms with Crippen LogP contribution in [0.1, 0.15) is 32.6 Å². The first-order chi connectivity index (χ1) is 18.2. The van der Waals surface area contributed by atoms with Gasteiger partial charge in [0.25, 0.3) is 11.8 Å². The number of carbonyl (C=O) groups excluding carboxylic acids is 2. The summed E-state index contributed by atoms with van der Waals surface area (Å²) in [5.74, 6) is -0.937. The van der Waals surface area contributed by atoms with Crippen LogP contribution in [0.2, 0.25) is 5.02 Å². The van der Waals surface area contributed by atoms with Crippen molar-refractivity contribution in [3.63, 3.8) is 0 Å². The van der Waals surface area contributed by atoms with Crippen LogP contribution >= 0.6 is 35.6 Å². The second-order valence-electron chi connectivity index (χ2n) is 8.92. The van der Waals surface area contributed by atoms with Gasteiger partial charge in [-0.3, -0.25) is 15.0 Å². The van der Waals surface area contributed by atoms with Crippen LogP contribution in [0.25, 0.3) is 23.0 Å². The van der Waals surface area contributed by atoms with Gasteiger partial charge in [0.15, 0.2) is 4.32 Å². The highest BCUT2D eigenvalue weighted by Gasteiger charge is 2.34. The second-order valence-corrected chi connectivity index (χ2v) is 11.0. The number of hydrogen-bond acceptors (Lipinski definition) is 5. The first-order valence-electron chi connectivity index (χ1n) is 11.8. The quantitative estimate of drug-likeness (QED) is 0.219. The van der Waals surface area contributed by atoms with E-state index in [1.807, 2.05) is 36.5 Å². The van der Waals surface area contributed by atoms with Crippen LogP contribution in [0.4, 0.5) is 0 Å². The minimum Gasteiger partial charge on any atom is -0.267 e. The van der Waals surface area contributed by atoms with E-state index in [4.69, 9.17) is 28.9 Å². The molecule has 2 heterocycles. The lowest BCUT2D eigenvalue weighted by molar-refractivity contribution is -0.123. The number of thiocarbonyl (C=S) groups is 1. The van der Waals surface area contributed by atoms with Gasteiger partial charge in [0.1, 0.15) is 5.69 Å². The van der Waals surface area contributed by atoms with E-state index in [2.05, 4.69) is 38.3 Å². The lowest BCUT2D eigenvalue weighted by Gasteiger charge is -2.16. The maximum atomic E-state index is 13.3. The molecule has 1 N–H and O–H groups in total. The van der Waals surface area contributed by atoms with Gasteiger partial charge >= 0.3 is 0 Å². The highest BCUT2D eigenvalue weighted by atomic mass is 35.5. The Morgan fingerprint density at radius 2 is 1.68 bits per heavy atom. The number of rotatable bonds is 5. The smallest absolute Gasteiger partial charge is 0.267 e. The van der Waals surface area contributed by atoms with E-state index in [1.54, 1.807) is 35.0 Å². The monoisotopic (exact) mass is 558 g/mol. The molecule has 5 rings (SSSR count). The molecule has 38 heavy (non-hydrogen) atoms. The third-order valence-electron chi connectivity index (χ3n) is 6.09. The summed E-state index contributed by atoms with van der Waals surface area (Å²) in [6, 6.07) is 20.7. The zero-order chi connectivity index (χ0) is 27.0. The Hall–Kier alpha value is -3.72. The standard InChI is InChI=1S/C29H23ClN4O2S2/c1-17-13-18(2)25(19(3)14-17)26-20(16-33(31-26)21-9-5-4-6-10-21)15-24-28(36)34(29(37)38-24)32-27(35)22-11-7-8-12-23(22)30/h4-16H,1-3H3,(H,32,35). The molecule has 1 aromatic heterocycles. The van der Waals surface area contributed by atoms with Gasteiger partial charge in [0, 0.05) is 17.3 Å². The molecule has 0 spiro atoms. The Morgan fingerprint density at radius 1 is 1.03 bits per heavy atom. The number of aryl methyl sites for hydroxylation is 3. The summed E-state index contributed by atoms with van der Waals surface area (Å²) in [4.78, 5) is 26.5. The largest absolute Gasteiger partial charge is 0.285 e. The maximum Gasteiger partial charge on any atom is 0.285 e. The van der Waals surface area contributed by atoms with Crippen molar-refractivity contribution < 1.29 is 9.59 Å². The molecule has 0 bridgehead atoms. The van der Waals surface area contributed by atoms with Gasteiger partial charge in [-0.1, -0.05) is 71.4 Å². The fourth-order valence-corrected chi connectivity index (χ4v) is 5.86. The first-order valence-corrected chi connectivity index (χ1v) is 13.4. The van der Waals surface area contributed by atoms with E-state index in [0.717, 1.165) is 50.4 Å². The van der Waals surface area contributed by atoms with Crippen LogP contribution in [-0.4, -0.2) is 30.9 Å². The van der Waals surface area contributed by atoms with Crippen molar-refractivity contribution in [3.05, 3.63) is 111 Å². The number of carbonyl (C=O) groups is 2. The Morgan fingerprint density at radius 3 is 2.37 bits per heavy atom. The lowest BCUT2D eigenvalue weighted by Crippen LogP contribution is -2.44. The van der Waals surface area contributed by atoms with E-state index in [9.17, 15) is 9.59 Å². The average molecular weight is 559 g/mol. The van der Waals surface area contributed by atoms with Crippen molar-refractivity contribution >= 4 is 57.8 Å². The second kappa shape index (κ2) is 10.6. The third-order valence-corrected chi connectivity index (χ3v) is 7.72. The summed E-state index contributed by atoms with van der Waals surface area (Å²) < 4.78 is 2.03. The van der Waals surface area contributed by atoms with Crippen LogP contribution in [0.3, 0.4) is 0 Å². The lowest BCUT2D eigenvalue weighted by atomic mass is 9.95. The number of benzene rings is 3. The fraction of sp³-hybridized carbons (Fsp3) is 0.103. The van der Waals surface area contributed by atoms with E-state index < -0.39 is 11.8 Å². The number of thioether (sulfide) groups is 1. The molecule has 1 fully saturated rings. The van der Waals surface area contributed by atoms with E-state index in [0.29, 0.717) is 4.91 Å². The number of hydrazine groups is 1. The molecule has 9 heteroatoms. The summed E-state index contributed by atoms with van der Waals surface area (Å²) in [7, 11) is 0. The molecule has 0 saturated carbocycles. The molecule has 190 valence electrons. The fourth-order valence-electron chi connectivity index (χ4n) is 4.47. The number of amides is 2. The zero-order valence-electron chi connectivity index (χ0n) is 20.9. The SMILES string of the molecule is Cc1cc(C)c(-c2nn(-c3ccccc3)cc2C=C2SC(=S)N(NC(=O)c3ccccc3Cl)C2=O)c(C)c1. The minimum absolute atomic E-state index is 0.223. The van der Waals surface area contributed by atoms with Crippen LogP contribution in [-0.2, 0) is 4.79 Å². The average Bonchev–Trinajstić information content (AvgIpc) is 3.40. The highest BCUT2D eigenvalue weighted by Crippen LogP contribution is 2.36. The van der Waals surface area contributed by atoms with Crippen LogP contribution in [0.5, 0.6) is 0 Å². The van der Waals surface area contributed by atoms with Crippen molar-refractivity contribution in [1.29, 1.82) is 0 Å². The molecule has 0 aliphatic carbocycles.